The van der Waals surface area contributed by atoms with Gasteiger partial charge in [-0.15, -0.1) is 0 Å². The fraction of sp³-hybridized carbons (Fsp3) is 0.600. The predicted molar refractivity (Wildman–Crippen MR) is 71.1 cm³/mol. The number of hydrogen-bond acceptors (Lipinski definition) is 3. The molecular formula is C15H21NO2. The lowest BCUT2D eigenvalue weighted by Gasteiger charge is -2.19. The van der Waals surface area contributed by atoms with E-state index in [0.29, 0.717) is 19.3 Å². The predicted octanol–water partition coefficient (Wildman–Crippen LogP) is 2.74. The molecule has 1 saturated carbocycles. The maximum Gasteiger partial charge on any atom is 0.161 e. The van der Waals surface area contributed by atoms with Gasteiger partial charge >= 0.3 is 0 Å². The van der Waals surface area contributed by atoms with Crippen molar-refractivity contribution in [2.24, 2.45) is 5.92 Å². The maximum atomic E-state index is 5.59. The third-order valence-corrected chi connectivity index (χ3v) is 3.65. The van der Waals surface area contributed by atoms with E-state index in [1.54, 1.807) is 0 Å². The molecule has 18 heavy (non-hydrogen) atoms. The Balaban J connectivity index is 1.55. The lowest BCUT2D eigenvalue weighted by Crippen LogP contribution is -2.26. The number of rotatable bonds is 5. The van der Waals surface area contributed by atoms with Gasteiger partial charge in [0.1, 0.15) is 13.2 Å². The lowest BCUT2D eigenvalue weighted by molar-refractivity contribution is 0.171. The monoisotopic (exact) mass is 247 g/mol. The number of nitrogens with one attached hydrogen (secondary N) is 1. The first kappa shape index (κ1) is 11.8. The van der Waals surface area contributed by atoms with Gasteiger partial charge in [-0.05, 0) is 37.0 Å². The van der Waals surface area contributed by atoms with Crippen LogP contribution in [0.3, 0.4) is 0 Å². The van der Waals surface area contributed by atoms with Crippen molar-refractivity contribution in [1.82, 2.24) is 5.32 Å². The van der Waals surface area contributed by atoms with Crippen LogP contribution in [0.4, 0.5) is 0 Å². The number of ether oxygens (including phenoxy) is 2. The molecule has 3 heteroatoms. The molecular weight excluding hydrogens is 226 g/mol. The standard InChI is InChI=1S/C15H21NO2/c1-11(8-12-2-3-12)16-10-13-4-5-14-15(9-13)18-7-6-17-14/h4-5,9,11-12,16H,2-3,6-8,10H2,1H3. The molecule has 1 fully saturated rings. The highest BCUT2D eigenvalue weighted by Crippen LogP contribution is 2.33. The molecule has 3 nitrogen and oxygen atoms in total. The highest BCUT2D eigenvalue weighted by atomic mass is 16.6. The highest BCUT2D eigenvalue weighted by molar-refractivity contribution is 5.43. The number of fused-ring (bicyclic) bond motifs is 1. The van der Waals surface area contributed by atoms with E-state index in [4.69, 9.17) is 9.47 Å². The molecule has 1 heterocycles. The molecule has 0 spiro atoms. The Bertz CT molecular complexity index is 415. The van der Waals surface area contributed by atoms with Crippen LogP contribution < -0.4 is 14.8 Å². The van der Waals surface area contributed by atoms with Crippen LogP contribution in [0.1, 0.15) is 31.7 Å². The lowest BCUT2D eigenvalue weighted by atomic mass is 10.1. The third-order valence-electron chi connectivity index (χ3n) is 3.65. The quantitative estimate of drug-likeness (QED) is 0.868. The van der Waals surface area contributed by atoms with Crippen LogP contribution in [0.5, 0.6) is 11.5 Å². The average Bonchev–Trinajstić information content (AvgIpc) is 3.20. The molecule has 1 aliphatic heterocycles. The van der Waals surface area contributed by atoms with E-state index in [1.165, 1.54) is 24.8 Å². The van der Waals surface area contributed by atoms with E-state index >= 15 is 0 Å². The second kappa shape index (κ2) is 5.19. The van der Waals surface area contributed by atoms with Gasteiger partial charge in [-0.3, -0.25) is 0 Å². The minimum atomic E-state index is 0.603. The largest absolute Gasteiger partial charge is 0.486 e. The summed E-state index contributed by atoms with van der Waals surface area (Å²) in [5.41, 5.74) is 1.27. The van der Waals surface area contributed by atoms with Crippen molar-refractivity contribution < 1.29 is 9.47 Å². The van der Waals surface area contributed by atoms with E-state index in [0.717, 1.165) is 24.0 Å². The molecule has 0 radical (unpaired) electrons. The Morgan fingerprint density at radius 3 is 2.78 bits per heavy atom. The fourth-order valence-electron chi connectivity index (χ4n) is 2.43. The Hall–Kier alpha value is -1.22. The summed E-state index contributed by atoms with van der Waals surface area (Å²) >= 11 is 0. The SMILES string of the molecule is CC(CC1CC1)NCc1ccc2c(c1)OCCO2. The van der Waals surface area contributed by atoms with Gasteiger partial charge in [0.05, 0.1) is 0 Å². The van der Waals surface area contributed by atoms with E-state index < -0.39 is 0 Å². The molecule has 1 unspecified atom stereocenters. The number of hydrogen-bond donors (Lipinski definition) is 1. The van der Waals surface area contributed by atoms with Gasteiger partial charge in [0, 0.05) is 12.6 Å². The summed E-state index contributed by atoms with van der Waals surface area (Å²) in [5.74, 6) is 2.74. The van der Waals surface area contributed by atoms with Crippen LogP contribution in [0, 0.1) is 5.92 Å². The van der Waals surface area contributed by atoms with Gasteiger partial charge in [0.2, 0.25) is 0 Å². The first-order valence-electron chi connectivity index (χ1n) is 6.93. The molecule has 0 amide bonds. The van der Waals surface area contributed by atoms with E-state index in [1.807, 2.05) is 6.07 Å². The summed E-state index contributed by atoms with van der Waals surface area (Å²) in [5, 5.41) is 3.58. The summed E-state index contributed by atoms with van der Waals surface area (Å²) in [6, 6.07) is 6.82. The zero-order chi connectivity index (χ0) is 12.4. The van der Waals surface area contributed by atoms with Gasteiger partial charge in [0.15, 0.2) is 11.5 Å². The van der Waals surface area contributed by atoms with Crippen LogP contribution in [-0.4, -0.2) is 19.3 Å². The summed E-state index contributed by atoms with van der Waals surface area (Å²) in [7, 11) is 0. The van der Waals surface area contributed by atoms with Gasteiger partial charge in [-0.25, -0.2) is 0 Å². The Labute approximate surface area is 108 Å². The van der Waals surface area contributed by atoms with E-state index in [9.17, 15) is 0 Å². The summed E-state index contributed by atoms with van der Waals surface area (Å²) in [6.07, 6.45) is 4.16. The zero-order valence-corrected chi connectivity index (χ0v) is 10.9. The van der Waals surface area contributed by atoms with E-state index in [-0.39, 0.29) is 0 Å². The van der Waals surface area contributed by atoms with Gasteiger partial charge in [-0.2, -0.15) is 0 Å². The third kappa shape index (κ3) is 2.96. The van der Waals surface area contributed by atoms with Gasteiger partial charge < -0.3 is 14.8 Å². The van der Waals surface area contributed by atoms with Crippen LogP contribution in [0.15, 0.2) is 18.2 Å². The number of benzene rings is 1. The Kier molecular flexibility index (Phi) is 3.41. The molecule has 1 N–H and O–H groups in total. The fourth-order valence-corrected chi connectivity index (χ4v) is 2.43. The topological polar surface area (TPSA) is 30.5 Å². The van der Waals surface area contributed by atoms with Crippen molar-refractivity contribution in [1.29, 1.82) is 0 Å². The minimum absolute atomic E-state index is 0.603. The second-order valence-electron chi connectivity index (χ2n) is 5.44. The summed E-state index contributed by atoms with van der Waals surface area (Å²) in [6.45, 7) is 4.49. The molecule has 2 aliphatic rings. The Morgan fingerprint density at radius 1 is 1.22 bits per heavy atom. The smallest absolute Gasteiger partial charge is 0.161 e. The van der Waals surface area contributed by atoms with Gasteiger partial charge in [0.25, 0.3) is 0 Å². The van der Waals surface area contributed by atoms with Crippen molar-refractivity contribution in [2.75, 3.05) is 13.2 Å². The normalized spacial score (nSPS) is 19.6. The Morgan fingerprint density at radius 2 is 2.00 bits per heavy atom. The summed E-state index contributed by atoms with van der Waals surface area (Å²) in [4.78, 5) is 0. The van der Waals surface area contributed by atoms with Crippen molar-refractivity contribution in [3.63, 3.8) is 0 Å². The second-order valence-corrected chi connectivity index (χ2v) is 5.44. The van der Waals surface area contributed by atoms with Crippen LogP contribution in [0.2, 0.25) is 0 Å². The van der Waals surface area contributed by atoms with Crippen molar-refractivity contribution in [3.8, 4) is 11.5 Å². The molecule has 3 rings (SSSR count). The minimum Gasteiger partial charge on any atom is -0.486 e. The van der Waals surface area contributed by atoms with Gasteiger partial charge in [-0.1, -0.05) is 18.9 Å². The molecule has 0 aromatic heterocycles. The molecule has 0 saturated heterocycles. The molecule has 0 bridgehead atoms. The van der Waals surface area contributed by atoms with E-state index in [2.05, 4.69) is 24.4 Å². The first-order valence-corrected chi connectivity index (χ1v) is 6.93. The molecule has 1 aromatic carbocycles. The van der Waals surface area contributed by atoms with Crippen molar-refractivity contribution in [3.05, 3.63) is 23.8 Å². The van der Waals surface area contributed by atoms with Crippen LogP contribution in [0.25, 0.3) is 0 Å². The van der Waals surface area contributed by atoms with Crippen LogP contribution >= 0.6 is 0 Å². The zero-order valence-electron chi connectivity index (χ0n) is 10.9. The first-order chi connectivity index (χ1) is 8.81. The average molecular weight is 247 g/mol. The maximum absolute atomic E-state index is 5.59. The highest BCUT2D eigenvalue weighted by Gasteiger charge is 2.23. The van der Waals surface area contributed by atoms with Crippen molar-refractivity contribution in [2.45, 2.75) is 38.8 Å². The van der Waals surface area contributed by atoms with Crippen molar-refractivity contribution >= 4 is 0 Å². The van der Waals surface area contributed by atoms with Crippen LogP contribution in [-0.2, 0) is 6.54 Å². The summed E-state index contributed by atoms with van der Waals surface area (Å²) < 4.78 is 11.1. The molecule has 1 aliphatic carbocycles. The molecule has 1 aromatic rings. The molecule has 98 valence electrons. The molecule has 1 atom stereocenters.